The predicted molar refractivity (Wildman–Crippen MR) is 117 cm³/mol. The summed E-state index contributed by atoms with van der Waals surface area (Å²) in [7, 11) is 0. The number of fused-ring (bicyclic) bond motifs is 1. The average molecular weight is 476 g/mol. The zero-order chi connectivity index (χ0) is 21.1. The summed E-state index contributed by atoms with van der Waals surface area (Å²) in [5.74, 6) is -0.0285. The van der Waals surface area contributed by atoms with E-state index >= 15 is 0 Å². The standard InChI is InChI=1S/C20H18BrN3O4S/c1-12(2)10-23-19(26)16-9-14(21)6-7-17(16)22-20(23)29-11-18(25)13-4-3-5-15(8-13)24(27)28/h3-9,12H,10-11H2,1-2H3. The van der Waals surface area contributed by atoms with Crippen LogP contribution in [0.5, 0.6) is 0 Å². The lowest BCUT2D eigenvalue weighted by Crippen LogP contribution is -2.25. The lowest BCUT2D eigenvalue weighted by atomic mass is 10.1. The number of halogens is 1. The Morgan fingerprint density at radius 3 is 2.72 bits per heavy atom. The van der Waals surface area contributed by atoms with Crippen LogP contribution in [0.2, 0.25) is 0 Å². The lowest BCUT2D eigenvalue weighted by Gasteiger charge is -2.15. The van der Waals surface area contributed by atoms with Gasteiger partial charge in [0.05, 0.1) is 21.6 Å². The molecule has 7 nitrogen and oxygen atoms in total. The van der Waals surface area contributed by atoms with Crippen molar-refractivity contribution in [2.24, 2.45) is 5.92 Å². The number of hydrogen-bond donors (Lipinski definition) is 0. The molecule has 0 aliphatic heterocycles. The fourth-order valence-electron chi connectivity index (χ4n) is 2.82. The molecule has 0 atom stereocenters. The molecule has 1 heterocycles. The van der Waals surface area contributed by atoms with Crippen LogP contribution in [0.25, 0.3) is 10.9 Å². The quantitative estimate of drug-likeness (QED) is 0.161. The zero-order valence-electron chi connectivity index (χ0n) is 15.8. The molecule has 0 aliphatic rings. The number of aromatic nitrogens is 2. The Hall–Kier alpha value is -2.52. The van der Waals surface area contributed by atoms with Crippen molar-refractivity contribution < 1.29 is 9.72 Å². The minimum absolute atomic E-state index is 0.0216. The number of thioether (sulfide) groups is 1. The van der Waals surface area contributed by atoms with Crippen molar-refractivity contribution in [1.29, 1.82) is 0 Å². The van der Waals surface area contributed by atoms with Gasteiger partial charge >= 0.3 is 0 Å². The number of carbonyl (C=O) groups excluding carboxylic acids is 1. The number of non-ortho nitro benzene ring substituents is 1. The first-order valence-corrected chi connectivity index (χ1v) is 10.6. The molecule has 3 rings (SSSR count). The first-order valence-electron chi connectivity index (χ1n) is 8.87. The fraction of sp³-hybridized carbons (Fsp3) is 0.250. The van der Waals surface area contributed by atoms with Gasteiger partial charge in [0.1, 0.15) is 0 Å². The smallest absolute Gasteiger partial charge is 0.270 e. The molecule has 150 valence electrons. The number of carbonyl (C=O) groups is 1. The molecule has 0 N–H and O–H groups in total. The minimum atomic E-state index is -0.534. The van der Waals surface area contributed by atoms with Gasteiger partial charge < -0.3 is 0 Å². The summed E-state index contributed by atoms with van der Waals surface area (Å²) < 4.78 is 2.38. The number of benzene rings is 2. The van der Waals surface area contributed by atoms with Crippen LogP contribution in [0, 0.1) is 16.0 Å². The summed E-state index contributed by atoms with van der Waals surface area (Å²) in [6, 6.07) is 10.9. The van der Waals surface area contributed by atoms with E-state index in [0.717, 1.165) is 16.2 Å². The van der Waals surface area contributed by atoms with Gasteiger partial charge in [0.2, 0.25) is 0 Å². The van der Waals surface area contributed by atoms with Crippen molar-refractivity contribution in [1.82, 2.24) is 9.55 Å². The van der Waals surface area contributed by atoms with E-state index in [4.69, 9.17) is 0 Å². The average Bonchev–Trinajstić information content (AvgIpc) is 2.69. The largest absolute Gasteiger partial charge is 0.293 e. The molecule has 9 heteroatoms. The third kappa shape index (κ3) is 4.91. The summed E-state index contributed by atoms with van der Waals surface area (Å²) in [6.45, 7) is 4.47. The summed E-state index contributed by atoms with van der Waals surface area (Å²) in [5.41, 5.74) is 0.528. The van der Waals surface area contributed by atoms with Crippen molar-refractivity contribution in [3.8, 4) is 0 Å². The number of rotatable bonds is 7. The van der Waals surface area contributed by atoms with Gasteiger partial charge in [-0.25, -0.2) is 4.98 Å². The third-order valence-corrected chi connectivity index (χ3v) is 5.61. The monoisotopic (exact) mass is 475 g/mol. The Balaban J connectivity index is 1.93. The Labute approximate surface area is 179 Å². The van der Waals surface area contributed by atoms with Crippen molar-refractivity contribution >= 4 is 50.1 Å². The van der Waals surface area contributed by atoms with Crippen LogP contribution < -0.4 is 5.56 Å². The molecule has 0 radical (unpaired) electrons. The van der Waals surface area contributed by atoms with Crippen LogP contribution in [0.1, 0.15) is 24.2 Å². The van der Waals surface area contributed by atoms with Gasteiger partial charge in [-0.2, -0.15) is 0 Å². The van der Waals surface area contributed by atoms with Crippen molar-refractivity contribution in [3.05, 3.63) is 73.0 Å². The highest BCUT2D eigenvalue weighted by Crippen LogP contribution is 2.23. The molecule has 1 aromatic heterocycles. The Morgan fingerprint density at radius 1 is 1.28 bits per heavy atom. The first kappa shape index (κ1) is 21.2. The molecular weight excluding hydrogens is 458 g/mol. The maximum Gasteiger partial charge on any atom is 0.270 e. The summed E-state index contributed by atoms with van der Waals surface area (Å²) in [5, 5.41) is 11.9. The van der Waals surface area contributed by atoms with Gasteiger partial charge in [0.25, 0.3) is 11.2 Å². The van der Waals surface area contributed by atoms with Gasteiger partial charge in [-0.15, -0.1) is 0 Å². The van der Waals surface area contributed by atoms with Gasteiger partial charge in [0, 0.05) is 28.7 Å². The summed E-state index contributed by atoms with van der Waals surface area (Å²) >= 11 is 4.54. The number of nitro groups is 1. The van der Waals surface area contributed by atoms with Gasteiger partial charge in [-0.05, 0) is 24.1 Å². The molecule has 0 saturated heterocycles. The van der Waals surface area contributed by atoms with E-state index < -0.39 is 4.92 Å². The van der Waals surface area contributed by atoms with Crippen LogP contribution in [0.15, 0.2) is 56.9 Å². The van der Waals surface area contributed by atoms with Crippen molar-refractivity contribution in [2.75, 3.05) is 5.75 Å². The van der Waals surface area contributed by atoms with E-state index in [2.05, 4.69) is 20.9 Å². The molecule has 0 saturated carbocycles. The summed E-state index contributed by atoms with van der Waals surface area (Å²) in [4.78, 5) is 40.5. The highest BCUT2D eigenvalue weighted by atomic mass is 79.9. The van der Waals surface area contributed by atoms with Gasteiger partial charge in [0.15, 0.2) is 10.9 Å². The molecule has 0 bridgehead atoms. The molecule has 0 fully saturated rings. The van der Waals surface area contributed by atoms with Gasteiger partial charge in [-0.1, -0.05) is 53.7 Å². The Bertz CT molecular complexity index is 1160. The van der Waals surface area contributed by atoms with E-state index in [1.165, 1.54) is 18.2 Å². The first-order chi connectivity index (χ1) is 13.8. The van der Waals surface area contributed by atoms with Crippen molar-refractivity contribution in [3.63, 3.8) is 0 Å². The molecule has 3 aromatic rings. The van der Waals surface area contributed by atoms with Gasteiger partial charge in [-0.3, -0.25) is 24.3 Å². The second-order valence-corrected chi connectivity index (χ2v) is 8.74. The van der Waals surface area contributed by atoms with E-state index in [-0.39, 0.29) is 34.3 Å². The number of nitro benzene ring substituents is 1. The summed E-state index contributed by atoms with van der Waals surface area (Å²) in [6.07, 6.45) is 0. The van der Waals surface area contributed by atoms with Crippen molar-refractivity contribution in [2.45, 2.75) is 25.5 Å². The van der Waals surface area contributed by atoms with Crippen LogP contribution in [0.4, 0.5) is 5.69 Å². The van der Waals surface area contributed by atoms with E-state index in [1.807, 2.05) is 19.9 Å². The molecule has 0 spiro atoms. The maximum atomic E-state index is 13.0. The highest BCUT2D eigenvalue weighted by Gasteiger charge is 2.16. The SMILES string of the molecule is CC(C)Cn1c(SCC(=O)c2cccc([N+](=O)[O-])c2)nc2ccc(Br)cc2c1=O. The van der Waals surface area contributed by atoms with Crippen LogP contribution in [0.3, 0.4) is 0 Å². The van der Waals surface area contributed by atoms with E-state index in [1.54, 1.807) is 22.8 Å². The van der Waals surface area contributed by atoms with Crippen LogP contribution in [-0.4, -0.2) is 26.0 Å². The second-order valence-electron chi connectivity index (χ2n) is 6.88. The normalized spacial score (nSPS) is 11.2. The fourth-order valence-corrected chi connectivity index (χ4v) is 4.08. The van der Waals surface area contributed by atoms with Crippen LogP contribution >= 0.6 is 27.7 Å². The van der Waals surface area contributed by atoms with E-state index in [9.17, 15) is 19.7 Å². The molecule has 0 amide bonds. The Morgan fingerprint density at radius 2 is 2.03 bits per heavy atom. The highest BCUT2D eigenvalue weighted by molar-refractivity contribution is 9.10. The number of nitrogens with zero attached hydrogens (tertiary/aromatic N) is 3. The Kier molecular flexibility index (Phi) is 6.49. The van der Waals surface area contributed by atoms with E-state index in [0.29, 0.717) is 22.6 Å². The third-order valence-electron chi connectivity index (χ3n) is 4.14. The molecule has 0 unspecified atom stereocenters. The molecule has 29 heavy (non-hydrogen) atoms. The maximum absolute atomic E-state index is 13.0. The predicted octanol–water partition coefficient (Wildman–Crippen LogP) is 4.70. The second kappa shape index (κ2) is 8.87. The number of Topliss-reactive ketones (excluding diaryl/α,β-unsaturated/α-hetero) is 1. The van der Waals surface area contributed by atoms with Crippen LogP contribution in [-0.2, 0) is 6.54 Å². The topological polar surface area (TPSA) is 95.1 Å². The lowest BCUT2D eigenvalue weighted by molar-refractivity contribution is -0.384. The minimum Gasteiger partial charge on any atom is -0.293 e. The number of hydrogen-bond acceptors (Lipinski definition) is 6. The molecule has 0 aliphatic carbocycles. The molecular formula is C20H18BrN3O4S. The number of ketones is 1. The molecule has 2 aromatic carbocycles. The zero-order valence-corrected chi connectivity index (χ0v) is 18.2.